The lowest BCUT2D eigenvalue weighted by Gasteiger charge is -2.33. The van der Waals surface area contributed by atoms with Gasteiger partial charge in [0.2, 0.25) is 0 Å². The van der Waals surface area contributed by atoms with E-state index in [1.165, 1.54) is 0 Å². The predicted molar refractivity (Wildman–Crippen MR) is 63.1 cm³/mol. The van der Waals surface area contributed by atoms with Crippen molar-refractivity contribution >= 4 is 5.97 Å². The first kappa shape index (κ1) is 12.8. The lowest BCUT2D eigenvalue weighted by molar-refractivity contribution is -0.310. The van der Waals surface area contributed by atoms with Gasteiger partial charge in [0.15, 0.2) is 0 Å². The molecule has 0 saturated carbocycles. The molecule has 0 aliphatic rings. The van der Waals surface area contributed by atoms with Crippen molar-refractivity contribution < 1.29 is 9.90 Å². The molecule has 0 saturated heterocycles. The first-order chi connectivity index (χ1) is 7.23. The summed E-state index contributed by atoms with van der Waals surface area (Å²) in [6, 6.07) is 5.90. The summed E-state index contributed by atoms with van der Waals surface area (Å²) in [7, 11) is 0. The fourth-order valence-electron chi connectivity index (χ4n) is 2.02. The van der Waals surface area contributed by atoms with Gasteiger partial charge in [0, 0.05) is 11.9 Å². The van der Waals surface area contributed by atoms with Gasteiger partial charge in [-0.25, -0.2) is 0 Å². The summed E-state index contributed by atoms with van der Waals surface area (Å²) in [4.78, 5) is 11.3. The topological polar surface area (TPSA) is 40.1 Å². The zero-order valence-corrected chi connectivity index (χ0v) is 10.6. The maximum atomic E-state index is 11.3. The van der Waals surface area contributed by atoms with Crippen molar-refractivity contribution in [2.45, 2.75) is 40.5 Å². The van der Waals surface area contributed by atoms with Crippen LogP contribution < -0.4 is 5.11 Å². The fourth-order valence-corrected chi connectivity index (χ4v) is 2.02. The number of aryl methyl sites for hydroxylation is 2. The number of carbonyl (C=O) groups excluding carboxylic acids is 1. The molecule has 1 atom stereocenters. The zero-order chi connectivity index (χ0) is 12.5. The Kier molecular flexibility index (Phi) is 3.41. The van der Waals surface area contributed by atoms with E-state index in [1.54, 1.807) is 0 Å². The average molecular weight is 219 g/mol. The Morgan fingerprint density at radius 2 is 1.81 bits per heavy atom. The van der Waals surface area contributed by atoms with Crippen LogP contribution in [0.2, 0.25) is 0 Å². The number of rotatable bonds is 2. The molecule has 0 radical (unpaired) electrons. The molecule has 0 unspecified atom stereocenters. The van der Waals surface area contributed by atoms with Gasteiger partial charge in [0.1, 0.15) is 0 Å². The lowest BCUT2D eigenvalue weighted by atomic mass is 9.75. The third-order valence-corrected chi connectivity index (χ3v) is 2.85. The quantitative estimate of drug-likeness (QED) is 0.765. The maximum Gasteiger partial charge on any atom is 0.0494 e. The summed E-state index contributed by atoms with van der Waals surface area (Å²) in [6.45, 7) is 9.69. The zero-order valence-electron chi connectivity index (χ0n) is 10.6. The van der Waals surface area contributed by atoms with E-state index >= 15 is 0 Å². The van der Waals surface area contributed by atoms with Gasteiger partial charge in [-0.1, -0.05) is 44.5 Å². The highest BCUT2D eigenvalue weighted by molar-refractivity contribution is 5.75. The standard InChI is InChI=1S/C14H20O2/c1-9-6-7-10(2)11(8-9)12(13(15)16)14(3,4)5/h6-8,12H,1-5H3,(H,15,16)/p-1/t12-/m1/s1. The van der Waals surface area contributed by atoms with Crippen LogP contribution in [0.5, 0.6) is 0 Å². The molecule has 0 aliphatic heterocycles. The van der Waals surface area contributed by atoms with E-state index in [4.69, 9.17) is 0 Å². The van der Waals surface area contributed by atoms with E-state index < -0.39 is 11.9 Å². The molecule has 0 bridgehead atoms. The highest BCUT2D eigenvalue weighted by atomic mass is 16.4. The summed E-state index contributed by atoms with van der Waals surface area (Å²) in [5, 5.41) is 11.3. The van der Waals surface area contributed by atoms with E-state index in [0.29, 0.717) is 0 Å². The molecule has 0 aliphatic carbocycles. The number of carbonyl (C=O) groups is 1. The molecule has 0 amide bonds. The average Bonchev–Trinajstić information content (AvgIpc) is 2.08. The number of carboxylic acids is 1. The second-order valence-corrected chi connectivity index (χ2v) is 5.48. The number of benzene rings is 1. The van der Waals surface area contributed by atoms with E-state index in [1.807, 2.05) is 52.8 Å². The molecule has 2 heteroatoms. The number of aliphatic carboxylic acids is 1. The molecular formula is C14H19O2-. The summed E-state index contributed by atoms with van der Waals surface area (Å²) in [5.41, 5.74) is 2.62. The molecule has 0 heterocycles. The van der Waals surface area contributed by atoms with Gasteiger partial charge >= 0.3 is 0 Å². The molecule has 0 spiro atoms. The Hall–Kier alpha value is -1.31. The van der Waals surface area contributed by atoms with Crippen LogP contribution in [0, 0.1) is 19.3 Å². The van der Waals surface area contributed by atoms with E-state index in [2.05, 4.69) is 0 Å². The van der Waals surface area contributed by atoms with E-state index in [0.717, 1.165) is 16.7 Å². The first-order valence-electron chi connectivity index (χ1n) is 5.51. The molecule has 16 heavy (non-hydrogen) atoms. The van der Waals surface area contributed by atoms with Crippen molar-refractivity contribution in [3.63, 3.8) is 0 Å². The van der Waals surface area contributed by atoms with Gasteiger partial charge in [-0.15, -0.1) is 0 Å². The third-order valence-electron chi connectivity index (χ3n) is 2.85. The van der Waals surface area contributed by atoms with Gasteiger partial charge in [0.05, 0.1) is 0 Å². The van der Waals surface area contributed by atoms with Crippen LogP contribution in [0.3, 0.4) is 0 Å². The molecule has 1 aromatic rings. The first-order valence-corrected chi connectivity index (χ1v) is 5.51. The van der Waals surface area contributed by atoms with Crippen molar-refractivity contribution in [1.82, 2.24) is 0 Å². The third kappa shape index (κ3) is 2.63. The fraction of sp³-hybridized carbons (Fsp3) is 0.500. The van der Waals surface area contributed by atoms with Crippen molar-refractivity contribution in [1.29, 1.82) is 0 Å². The van der Waals surface area contributed by atoms with Gasteiger partial charge in [-0.2, -0.15) is 0 Å². The molecule has 0 N–H and O–H groups in total. The van der Waals surface area contributed by atoms with Crippen LogP contribution in [0.4, 0.5) is 0 Å². The number of carboxylic acid groups (broad SMARTS) is 1. The van der Waals surface area contributed by atoms with Crippen molar-refractivity contribution in [2.75, 3.05) is 0 Å². The van der Waals surface area contributed by atoms with Crippen LogP contribution in [-0.2, 0) is 4.79 Å². The van der Waals surface area contributed by atoms with Gasteiger partial charge in [-0.05, 0) is 30.4 Å². The largest absolute Gasteiger partial charge is 0.549 e. The van der Waals surface area contributed by atoms with Gasteiger partial charge in [0.25, 0.3) is 0 Å². The summed E-state index contributed by atoms with van der Waals surface area (Å²) in [5.74, 6) is -1.56. The molecular weight excluding hydrogens is 200 g/mol. The Balaban J connectivity index is 3.32. The van der Waals surface area contributed by atoms with E-state index in [-0.39, 0.29) is 5.41 Å². The Bertz CT molecular complexity index is 400. The number of hydrogen-bond donors (Lipinski definition) is 0. The minimum absolute atomic E-state index is 0.336. The molecule has 0 fully saturated rings. The van der Waals surface area contributed by atoms with Crippen LogP contribution in [-0.4, -0.2) is 5.97 Å². The lowest BCUT2D eigenvalue weighted by Crippen LogP contribution is -2.37. The minimum atomic E-state index is -0.999. The van der Waals surface area contributed by atoms with Crippen LogP contribution in [0.25, 0.3) is 0 Å². The van der Waals surface area contributed by atoms with Crippen molar-refractivity contribution in [3.8, 4) is 0 Å². The maximum absolute atomic E-state index is 11.3. The molecule has 1 aromatic carbocycles. The molecule has 0 aromatic heterocycles. The summed E-state index contributed by atoms with van der Waals surface area (Å²) in [6.07, 6.45) is 0. The number of hydrogen-bond acceptors (Lipinski definition) is 2. The Morgan fingerprint density at radius 3 is 2.25 bits per heavy atom. The SMILES string of the molecule is Cc1ccc(C)c([C@H](C(=O)[O-])C(C)(C)C)c1. The summed E-state index contributed by atoms with van der Waals surface area (Å²) >= 11 is 0. The normalized spacial score (nSPS) is 13.6. The minimum Gasteiger partial charge on any atom is -0.549 e. The molecule has 2 nitrogen and oxygen atoms in total. The van der Waals surface area contributed by atoms with Crippen LogP contribution in [0.1, 0.15) is 43.4 Å². The smallest absolute Gasteiger partial charge is 0.0494 e. The van der Waals surface area contributed by atoms with Crippen molar-refractivity contribution in [2.24, 2.45) is 5.41 Å². The highest BCUT2D eigenvalue weighted by Crippen LogP contribution is 2.36. The predicted octanol–water partition coefficient (Wildman–Crippen LogP) is 2.18. The van der Waals surface area contributed by atoms with Crippen LogP contribution in [0.15, 0.2) is 18.2 Å². The Labute approximate surface area is 97.3 Å². The Morgan fingerprint density at radius 1 is 1.25 bits per heavy atom. The highest BCUT2D eigenvalue weighted by Gasteiger charge is 2.28. The molecule has 1 rings (SSSR count). The monoisotopic (exact) mass is 219 g/mol. The second kappa shape index (κ2) is 4.28. The summed E-state index contributed by atoms with van der Waals surface area (Å²) < 4.78 is 0. The van der Waals surface area contributed by atoms with Crippen LogP contribution >= 0.6 is 0 Å². The van der Waals surface area contributed by atoms with Gasteiger partial charge in [-0.3, -0.25) is 0 Å². The second-order valence-electron chi connectivity index (χ2n) is 5.48. The van der Waals surface area contributed by atoms with Gasteiger partial charge < -0.3 is 9.90 Å². The molecule has 88 valence electrons. The van der Waals surface area contributed by atoms with Crippen molar-refractivity contribution in [3.05, 3.63) is 34.9 Å². The van der Waals surface area contributed by atoms with E-state index in [9.17, 15) is 9.90 Å².